The van der Waals surface area contributed by atoms with Crippen LogP contribution in [0.4, 0.5) is 0 Å². The van der Waals surface area contributed by atoms with Gasteiger partial charge in [0.2, 0.25) is 0 Å². The number of para-hydroxylation sites is 1. The Morgan fingerprint density at radius 2 is 2.11 bits per heavy atom. The molecule has 2 N–H and O–H groups in total. The minimum absolute atomic E-state index is 0.217. The molecule has 1 fully saturated rings. The van der Waals surface area contributed by atoms with Crippen molar-refractivity contribution >= 4 is 47.3 Å². The SMILES string of the molecule is COC(=O)C(C)NP(=O)(OCC1OC(n2cc(/C=C/Br)c(=O)[nH]c2=O)CC1Cl)Oc1ccccc1. The molecule has 1 aromatic heterocycles. The quantitative estimate of drug-likeness (QED) is 0.242. The number of aromatic amines is 1. The molecule has 5 atom stereocenters. The number of halogens is 2. The maximum absolute atomic E-state index is 13.5. The molecule has 14 heteroatoms. The second-order valence-electron chi connectivity index (χ2n) is 7.50. The summed E-state index contributed by atoms with van der Waals surface area (Å²) in [6.45, 7) is 1.17. The highest BCUT2D eigenvalue weighted by Crippen LogP contribution is 2.46. The van der Waals surface area contributed by atoms with Crippen molar-refractivity contribution in [1.82, 2.24) is 14.6 Å². The number of ether oxygens (including phenoxy) is 2. The number of hydrogen-bond donors (Lipinski definition) is 2. The van der Waals surface area contributed by atoms with Crippen LogP contribution >= 0.6 is 35.3 Å². The van der Waals surface area contributed by atoms with Crippen LogP contribution in [0.3, 0.4) is 0 Å². The summed E-state index contributed by atoms with van der Waals surface area (Å²) in [5.74, 6) is -0.413. The van der Waals surface area contributed by atoms with Crippen LogP contribution in [0, 0.1) is 0 Å². The number of methoxy groups -OCH3 is 1. The largest absolute Gasteiger partial charge is 0.468 e. The third kappa shape index (κ3) is 7.16. The van der Waals surface area contributed by atoms with Gasteiger partial charge in [0.1, 0.15) is 24.1 Å². The predicted octanol–water partition coefficient (Wildman–Crippen LogP) is 3.15. The molecule has 11 nitrogen and oxygen atoms in total. The summed E-state index contributed by atoms with van der Waals surface area (Å²) in [5.41, 5.74) is -0.978. The van der Waals surface area contributed by atoms with E-state index in [1.165, 1.54) is 35.9 Å². The summed E-state index contributed by atoms with van der Waals surface area (Å²) in [4.78, 5) is 39.8. The molecule has 190 valence electrons. The van der Waals surface area contributed by atoms with Gasteiger partial charge in [-0.15, -0.1) is 11.6 Å². The molecule has 1 aliphatic heterocycles. The Bertz CT molecular complexity index is 1220. The van der Waals surface area contributed by atoms with Crippen LogP contribution in [0.25, 0.3) is 6.08 Å². The van der Waals surface area contributed by atoms with E-state index in [1.807, 2.05) is 0 Å². The highest BCUT2D eigenvalue weighted by Gasteiger charge is 2.39. The zero-order valence-corrected chi connectivity index (χ0v) is 22.0. The van der Waals surface area contributed by atoms with Crippen LogP contribution in [-0.4, -0.2) is 46.8 Å². The van der Waals surface area contributed by atoms with Gasteiger partial charge in [0, 0.05) is 12.6 Å². The Morgan fingerprint density at radius 3 is 2.77 bits per heavy atom. The number of nitrogens with zero attached hydrogens (tertiary/aromatic N) is 1. The number of H-pyrrole nitrogens is 1. The number of aromatic nitrogens is 2. The van der Waals surface area contributed by atoms with E-state index >= 15 is 0 Å². The lowest BCUT2D eigenvalue weighted by Gasteiger charge is -2.24. The van der Waals surface area contributed by atoms with E-state index in [9.17, 15) is 18.9 Å². The number of nitrogens with one attached hydrogen (secondary N) is 2. The average Bonchev–Trinajstić information content (AvgIpc) is 3.19. The molecule has 35 heavy (non-hydrogen) atoms. The number of carbonyl (C=O) groups is 1. The molecule has 0 saturated carbocycles. The fourth-order valence-electron chi connectivity index (χ4n) is 3.26. The number of hydrogen-bond acceptors (Lipinski definition) is 8. The second-order valence-corrected chi connectivity index (χ2v) is 10.3. The molecular formula is C21H24BrClN3O8P. The molecule has 0 amide bonds. The summed E-state index contributed by atoms with van der Waals surface area (Å²) in [6.07, 6.45) is 1.48. The minimum Gasteiger partial charge on any atom is -0.468 e. The first kappa shape index (κ1) is 27.4. The van der Waals surface area contributed by atoms with Crippen molar-refractivity contribution in [3.05, 3.63) is 67.9 Å². The van der Waals surface area contributed by atoms with Gasteiger partial charge in [0.25, 0.3) is 5.56 Å². The molecule has 2 heterocycles. The van der Waals surface area contributed by atoms with Gasteiger partial charge in [-0.25, -0.2) is 9.36 Å². The Kier molecular flexibility index (Phi) is 9.51. The van der Waals surface area contributed by atoms with Crippen LogP contribution in [0.5, 0.6) is 5.75 Å². The molecule has 0 spiro atoms. The molecular weight excluding hydrogens is 569 g/mol. The van der Waals surface area contributed by atoms with Gasteiger partial charge < -0.3 is 14.0 Å². The highest BCUT2D eigenvalue weighted by molar-refractivity contribution is 9.11. The van der Waals surface area contributed by atoms with Crippen molar-refractivity contribution in [3.8, 4) is 5.75 Å². The van der Waals surface area contributed by atoms with Gasteiger partial charge in [-0.2, -0.15) is 5.09 Å². The zero-order chi connectivity index (χ0) is 25.6. The Balaban J connectivity index is 1.75. The van der Waals surface area contributed by atoms with Gasteiger partial charge in [-0.05, 0) is 30.1 Å². The summed E-state index contributed by atoms with van der Waals surface area (Å²) >= 11 is 9.53. The van der Waals surface area contributed by atoms with E-state index in [1.54, 1.807) is 30.3 Å². The molecule has 0 radical (unpaired) electrons. The first-order valence-electron chi connectivity index (χ1n) is 10.4. The third-order valence-electron chi connectivity index (χ3n) is 4.99. The van der Waals surface area contributed by atoms with E-state index in [4.69, 9.17) is 25.4 Å². The molecule has 1 saturated heterocycles. The molecule has 0 aliphatic carbocycles. The van der Waals surface area contributed by atoms with Gasteiger partial charge in [0.05, 0.1) is 24.7 Å². The fourth-order valence-corrected chi connectivity index (χ4v) is 5.33. The summed E-state index contributed by atoms with van der Waals surface area (Å²) in [6, 6.07) is 7.28. The molecule has 0 bridgehead atoms. The Labute approximate surface area is 214 Å². The minimum atomic E-state index is -4.09. The van der Waals surface area contributed by atoms with Crippen LogP contribution < -0.4 is 20.9 Å². The highest BCUT2D eigenvalue weighted by atomic mass is 79.9. The number of esters is 1. The Morgan fingerprint density at radius 1 is 1.40 bits per heavy atom. The van der Waals surface area contributed by atoms with E-state index in [-0.39, 0.29) is 24.3 Å². The van der Waals surface area contributed by atoms with Crippen LogP contribution in [0.15, 0.2) is 51.1 Å². The molecule has 5 unspecified atom stereocenters. The third-order valence-corrected chi connectivity index (χ3v) is 7.36. The molecule has 1 aliphatic rings. The maximum atomic E-state index is 13.5. The summed E-state index contributed by atoms with van der Waals surface area (Å²) < 4.78 is 36.4. The van der Waals surface area contributed by atoms with Crippen molar-refractivity contribution in [2.24, 2.45) is 0 Å². The number of benzene rings is 1. The summed E-state index contributed by atoms with van der Waals surface area (Å²) in [5, 5.41) is 1.93. The Hall–Kier alpha value is -2.21. The van der Waals surface area contributed by atoms with E-state index in [2.05, 4.69) is 30.7 Å². The number of rotatable bonds is 10. The van der Waals surface area contributed by atoms with Crippen LogP contribution in [0.2, 0.25) is 0 Å². The van der Waals surface area contributed by atoms with Crippen LogP contribution in [-0.2, 0) is 23.4 Å². The molecule has 3 rings (SSSR count). The first-order chi connectivity index (χ1) is 16.7. The van der Waals surface area contributed by atoms with Crippen molar-refractivity contribution in [2.75, 3.05) is 13.7 Å². The van der Waals surface area contributed by atoms with E-state index < -0.39 is 48.7 Å². The topological polar surface area (TPSA) is 138 Å². The van der Waals surface area contributed by atoms with Gasteiger partial charge in [-0.1, -0.05) is 34.1 Å². The number of alkyl halides is 1. The van der Waals surface area contributed by atoms with Gasteiger partial charge in [0.15, 0.2) is 0 Å². The van der Waals surface area contributed by atoms with E-state index in [0.29, 0.717) is 0 Å². The number of carbonyl (C=O) groups excluding carboxylic acids is 1. The van der Waals surface area contributed by atoms with Crippen LogP contribution in [0.1, 0.15) is 25.1 Å². The van der Waals surface area contributed by atoms with Crippen molar-refractivity contribution < 1.29 is 27.9 Å². The normalized spacial score (nSPS) is 22.6. The molecule has 1 aromatic carbocycles. The molecule has 2 aromatic rings. The maximum Gasteiger partial charge on any atom is 0.459 e. The lowest BCUT2D eigenvalue weighted by Crippen LogP contribution is -2.36. The van der Waals surface area contributed by atoms with Gasteiger partial charge >= 0.3 is 19.4 Å². The standard InChI is InChI=1S/C21H24BrClN3O8P/c1-13(20(28)31-2)25-35(30,34-15-6-4-3-5-7-15)32-12-17-16(23)10-18(33-17)26-11-14(8-9-22)19(27)24-21(26)29/h3-9,11,13,16-18H,10,12H2,1-2H3,(H,25,30)(H,24,27,29)/b9-8+. The lowest BCUT2D eigenvalue weighted by molar-refractivity contribution is -0.142. The van der Waals surface area contributed by atoms with Crippen molar-refractivity contribution in [2.45, 2.75) is 37.1 Å². The predicted molar refractivity (Wildman–Crippen MR) is 133 cm³/mol. The smallest absolute Gasteiger partial charge is 0.459 e. The monoisotopic (exact) mass is 591 g/mol. The summed E-state index contributed by atoms with van der Waals surface area (Å²) in [7, 11) is -2.89. The van der Waals surface area contributed by atoms with Crippen molar-refractivity contribution in [3.63, 3.8) is 0 Å². The van der Waals surface area contributed by atoms with Crippen molar-refractivity contribution in [1.29, 1.82) is 0 Å². The van der Waals surface area contributed by atoms with Gasteiger partial charge in [-0.3, -0.25) is 23.7 Å². The lowest BCUT2D eigenvalue weighted by atomic mass is 10.2. The second kappa shape index (κ2) is 12.2. The fraction of sp³-hybridized carbons (Fsp3) is 0.381. The first-order valence-corrected chi connectivity index (χ1v) is 13.3. The average molecular weight is 593 g/mol. The zero-order valence-electron chi connectivity index (χ0n) is 18.8. The van der Waals surface area contributed by atoms with E-state index in [0.717, 1.165) is 0 Å².